The van der Waals surface area contributed by atoms with Gasteiger partial charge in [-0.1, -0.05) is 68.6 Å². The molecule has 0 unspecified atom stereocenters. The largest absolute Gasteiger partial charge is 0.359 e. The van der Waals surface area contributed by atoms with E-state index in [1.807, 2.05) is 56.9 Å². The third-order valence-corrected chi connectivity index (χ3v) is 5.36. The molecule has 2 amide bonds. The summed E-state index contributed by atoms with van der Waals surface area (Å²) in [6.07, 6.45) is 4.31. The second kappa shape index (κ2) is 8.80. The van der Waals surface area contributed by atoms with Crippen LogP contribution in [0.15, 0.2) is 34.9 Å². The number of carbonyl (C=O) groups excluding carboxylic acids is 2. The van der Waals surface area contributed by atoms with Crippen LogP contribution < -0.4 is 5.32 Å². The molecular formula is C23H31N3O3. The first kappa shape index (κ1) is 21.1. The minimum atomic E-state index is -0.461. The van der Waals surface area contributed by atoms with Crippen molar-refractivity contribution in [2.75, 3.05) is 0 Å². The summed E-state index contributed by atoms with van der Waals surface area (Å²) in [5, 5.41) is 6.78. The molecule has 1 saturated carbocycles. The molecule has 6 nitrogen and oxygen atoms in total. The van der Waals surface area contributed by atoms with Crippen LogP contribution in [-0.4, -0.2) is 27.9 Å². The zero-order chi connectivity index (χ0) is 21.0. The van der Waals surface area contributed by atoms with Crippen molar-refractivity contribution in [3.8, 4) is 0 Å². The zero-order valence-electron chi connectivity index (χ0n) is 17.8. The molecule has 0 saturated heterocycles. The van der Waals surface area contributed by atoms with Gasteiger partial charge < -0.3 is 14.7 Å². The second-order valence-electron chi connectivity index (χ2n) is 8.97. The predicted octanol–water partition coefficient (Wildman–Crippen LogP) is 4.23. The van der Waals surface area contributed by atoms with Crippen molar-refractivity contribution in [2.24, 2.45) is 5.41 Å². The minimum Gasteiger partial charge on any atom is -0.359 e. The number of nitrogens with one attached hydrogen (secondary N) is 1. The maximum absolute atomic E-state index is 13.0. The van der Waals surface area contributed by atoms with Gasteiger partial charge in [-0.05, 0) is 25.3 Å². The first-order valence-electron chi connectivity index (χ1n) is 10.3. The third kappa shape index (κ3) is 5.46. The highest BCUT2D eigenvalue weighted by atomic mass is 16.5. The van der Waals surface area contributed by atoms with Crippen molar-refractivity contribution in [3.05, 3.63) is 52.9 Å². The Morgan fingerprint density at radius 3 is 2.45 bits per heavy atom. The number of hydrogen-bond donors (Lipinski definition) is 1. The lowest BCUT2D eigenvalue weighted by molar-refractivity contribution is -0.143. The van der Waals surface area contributed by atoms with Crippen molar-refractivity contribution < 1.29 is 14.1 Å². The fourth-order valence-corrected chi connectivity index (χ4v) is 3.65. The van der Waals surface area contributed by atoms with E-state index < -0.39 is 5.41 Å². The summed E-state index contributed by atoms with van der Waals surface area (Å²) in [6, 6.07) is 9.87. The fourth-order valence-electron chi connectivity index (χ4n) is 3.65. The Morgan fingerprint density at radius 1 is 1.17 bits per heavy atom. The van der Waals surface area contributed by atoms with E-state index in [0.29, 0.717) is 18.8 Å². The molecule has 0 aliphatic heterocycles. The van der Waals surface area contributed by atoms with Gasteiger partial charge in [-0.2, -0.15) is 0 Å². The quantitative estimate of drug-likeness (QED) is 0.791. The molecule has 29 heavy (non-hydrogen) atoms. The van der Waals surface area contributed by atoms with Crippen LogP contribution in [0.2, 0.25) is 0 Å². The van der Waals surface area contributed by atoms with Gasteiger partial charge in [-0.3, -0.25) is 9.59 Å². The molecule has 0 bridgehead atoms. The fraction of sp³-hybridized carbons (Fsp3) is 0.522. The van der Waals surface area contributed by atoms with Gasteiger partial charge in [0.05, 0.1) is 6.54 Å². The van der Waals surface area contributed by atoms with Gasteiger partial charge in [-0.15, -0.1) is 0 Å². The highest BCUT2D eigenvalue weighted by molar-refractivity contribution is 5.92. The average Bonchev–Trinajstić information content (AvgIpc) is 3.36. The van der Waals surface area contributed by atoms with Crippen LogP contribution in [0.1, 0.15) is 73.8 Å². The number of benzene rings is 1. The van der Waals surface area contributed by atoms with Gasteiger partial charge in [0, 0.05) is 24.1 Å². The van der Waals surface area contributed by atoms with Crippen molar-refractivity contribution >= 4 is 11.8 Å². The molecule has 0 radical (unpaired) electrons. The van der Waals surface area contributed by atoms with Gasteiger partial charge in [0.15, 0.2) is 11.5 Å². The van der Waals surface area contributed by atoms with Crippen molar-refractivity contribution in [1.29, 1.82) is 0 Å². The number of aromatic nitrogens is 1. The van der Waals surface area contributed by atoms with E-state index in [2.05, 4.69) is 10.5 Å². The molecule has 1 aromatic heterocycles. The summed E-state index contributed by atoms with van der Waals surface area (Å²) < 4.78 is 5.40. The summed E-state index contributed by atoms with van der Waals surface area (Å²) in [7, 11) is 0. The van der Waals surface area contributed by atoms with Gasteiger partial charge >= 0.3 is 0 Å². The number of aryl methyl sites for hydroxylation is 1. The molecule has 0 spiro atoms. The van der Waals surface area contributed by atoms with E-state index in [4.69, 9.17) is 4.52 Å². The lowest BCUT2D eigenvalue weighted by Crippen LogP contribution is -2.44. The Morgan fingerprint density at radius 2 is 1.83 bits per heavy atom. The normalized spacial score (nSPS) is 14.8. The average molecular weight is 398 g/mol. The van der Waals surface area contributed by atoms with Crippen LogP contribution in [0.5, 0.6) is 0 Å². The van der Waals surface area contributed by atoms with Crippen LogP contribution in [0.4, 0.5) is 0 Å². The zero-order valence-corrected chi connectivity index (χ0v) is 17.8. The van der Waals surface area contributed by atoms with E-state index >= 15 is 0 Å². The maximum Gasteiger partial charge on any atom is 0.273 e. The number of hydrogen-bond acceptors (Lipinski definition) is 4. The maximum atomic E-state index is 13.0. The molecule has 3 rings (SSSR count). The first-order chi connectivity index (χ1) is 13.7. The SMILES string of the molecule is Cc1ccc(CNC(=O)c2cc(CN(C(=O)C(C)(C)C)C3CCCC3)on2)cc1. The third-order valence-electron chi connectivity index (χ3n) is 5.36. The van der Waals surface area contributed by atoms with Gasteiger partial charge in [0.1, 0.15) is 0 Å². The Bertz CT molecular complexity index is 843. The van der Waals surface area contributed by atoms with Crippen molar-refractivity contribution in [2.45, 2.75) is 72.5 Å². The summed E-state index contributed by atoms with van der Waals surface area (Å²) in [5.74, 6) is 0.358. The van der Waals surface area contributed by atoms with Gasteiger partial charge in [0.2, 0.25) is 5.91 Å². The van der Waals surface area contributed by atoms with E-state index in [0.717, 1.165) is 31.2 Å². The Kier molecular flexibility index (Phi) is 6.40. The Hall–Kier alpha value is -2.63. The lowest BCUT2D eigenvalue weighted by Gasteiger charge is -2.33. The highest BCUT2D eigenvalue weighted by Crippen LogP contribution is 2.29. The standard InChI is InChI=1S/C23H31N3O3/c1-16-9-11-17(12-10-16)14-24-21(27)20-13-19(29-25-20)15-26(18-7-5-6-8-18)22(28)23(2,3)4/h9-13,18H,5-8,14-15H2,1-4H3,(H,24,27). The van der Waals surface area contributed by atoms with Gasteiger partial charge in [0.25, 0.3) is 5.91 Å². The molecule has 1 aliphatic rings. The molecule has 156 valence electrons. The molecule has 2 aromatic rings. The van der Waals surface area contributed by atoms with Crippen LogP contribution in [-0.2, 0) is 17.9 Å². The van der Waals surface area contributed by atoms with E-state index in [9.17, 15) is 9.59 Å². The summed E-state index contributed by atoms with van der Waals surface area (Å²) in [5.41, 5.74) is 1.98. The monoisotopic (exact) mass is 397 g/mol. The first-order valence-corrected chi connectivity index (χ1v) is 10.3. The molecular weight excluding hydrogens is 366 g/mol. The van der Waals surface area contributed by atoms with Crippen LogP contribution >= 0.6 is 0 Å². The topological polar surface area (TPSA) is 75.4 Å². The van der Waals surface area contributed by atoms with Crippen molar-refractivity contribution in [3.63, 3.8) is 0 Å². The van der Waals surface area contributed by atoms with Crippen LogP contribution in [0, 0.1) is 12.3 Å². The number of nitrogens with zero attached hydrogens (tertiary/aromatic N) is 2. The van der Waals surface area contributed by atoms with E-state index in [1.54, 1.807) is 6.07 Å². The number of carbonyl (C=O) groups is 2. The highest BCUT2D eigenvalue weighted by Gasteiger charge is 2.34. The lowest BCUT2D eigenvalue weighted by atomic mass is 9.93. The Balaban J connectivity index is 1.64. The second-order valence-corrected chi connectivity index (χ2v) is 8.97. The predicted molar refractivity (Wildman–Crippen MR) is 111 cm³/mol. The molecule has 1 N–H and O–H groups in total. The van der Waals surface area contributed by atoms with Crippen LogP contribution in [0.3, 0.4) is 0 Å². The van der Waals surface area contributed by atoms with Gasteiger partial charge in [-0.25, -0.2) is 0 Å². The molecule has 1 heterocycles. The summed E-state index contributed by atoms with van der Waals surface area (Å²) in [6.45, 7) is 8.60. The van der Waals surface area contributed by atoms with Crippen molar-refractivity contribution in [1.82, 2.24) is 15.4 Å². The number of amides is 2. The molecule has 1 fully saturated rings. The Labute approximate surface area is 172 Å². The smallest absolute Gasteiger partial charge is 0.273 e. The minimum absolute atomic E-state index is 0.103. The van der Waals surface area contributed by atoms with Crippen LogP contribution in [0.25, 0.3) is 0 Å². The molecule has 6 heteroatoms. The number of rotatable bonds is 6. The molecule has 1 aromatic carbocycles. The summed E-state index contributed by atoms with van der Waals surface area (Å²) in [4.78, 5) is 27.3. The summed E-state index contributed by atoms with van der Waals surface area (Å²) >= 11 is 0. The molecule has 1 aliphatic carbocycles. The van der Waals surface area contributed by atoms with E-state index in [1.165, 1.54) is 5.56 Å². The molecule has 0 atom stereocenters. The van der Waals surface area contributed by atoms with E-state index in [-0.39, 0.29) is 23.6 Å².